The summed E-state index contributed by atoms with van der Waals surface area (Å²) >= 11 is 6.43. The normalized spacial score (nSPS) is 12.6. The summed E-state index contributed by atoms with van der Waals surface area (Å²) in [5, 5.41) is 1.05. The first kappa shape index (κ1) is 13.1. The van der Waals surface area contributed by atoms with Gasteiger partial charge in [0.1, 0.15) is 0 Å². The lowest BCUT2D eigenvalue weighted by Gasteiger charge is -2.07. The minimum atomic E-state index is -0.155. The number of halogens is 1. The first-order valence-corrected chi connectivity index (χ1v) is 7.09. The molecule has 0 atom stereocenters. The Morgan fingerprint density at radius 1 is 1.09 bits per heavy atom. The predicted molar refractivity (Wildman–Crippen MR) is 82.8 cm³/mol. The number of hydrogen-bond acceptors (Lipinski definition) is 4. The number of nitrogens with zero attached hydrogens (tertiary/aromatic N) is 1. The standard InChI is InChI=1S/C17H10ClNO3/c18-16-11-6-14-15(22-9-21-14)7-13(11)19-8-12(16)17(20)10-4-2-1-3-5-10/h1-8H,9H2. The second-order valence-corrected chi connectivity index (χ2v) is 5.28. The number of pyridine rings is 1. The van der Waals surface area contributed by atoms with Crippen molar-refractivity contribution < 1.29 is 14.3 Å². The summed E-state index contributed by atoms with van der Waals surface area (Å²) in [6.07, 6.45) is 1.50. The van der Waals surface area contributed by atoms with E-state index in [2.05, 4.69) is 4.98 Å². The van der Waals surface area contributed by atoms with Gasteiger partial charge in [-0.25, -0.2) is 0 Å². The molecule has 4 rings (SSSR count). The Bertz CT molecular complexity index is 893. The zero-order valence-corrected chi connectivity index (χ0v) is 12.1. The topological polar surface area (TPSA) is 48.4 Å². The monoisotopic (exact) mass is 311 g/mol. The summed E-state index contributed by atoms with van der Waals surface area (Å²) < 4.78 is 10.7. The molecule has 1 aliphatic heterocycles. The predicted octanol–water partition coefficient (Wildman–Crippen LogP) is 3.85. The lowest BCUT2D eigenvalue weighted by molar-refractivity contribution is 0.103. The van der Waals surface area contributed by atoms with E-state index in [1.165, 1.54) is 6.20 Å². The van der Waals surface area contributed by atoms with Crippen LogP contribution >= 0.6 is 11.6 Å². The number of fused-ring (bicyclic) bond motifs is 2. The molecule has 0 saturated heterocycles. The zero-order chi connectivity index (χ0) is 15.1. The maximum absolute atomic E-state index is 12.6. The summed E-state index contributed by atoms with van der Waals surface area (Å²) in [5.74, 6) is 1.09. The third-order valence-electron chi connectivity index (χ3n) is 3.58. The summed E-state index contributed by atoms with van der Waals surface area (Å²) in [6.45, 7) is 0.180. The lowest BCUT2D eigenvalue weighted by Crippen LogP contribution is -2.03. The maximum Gasteiger partial charge on any atom is 0.231 e. The van der Waals surface area contributed by atoms with Crippen molar-refractivity contribution in [2.45, 2.75) is 0 Å². The van der Waals surface area contributed by atoms with E-state index in [4.69, 9.17) is 21.1 Å². The van der Waals surface area contributed by atoms with Crippen molar-refractivity contribution in [2.24, 2.45) is 0 Å². The van der Waals surface area contributed by atoms with Gasteiger partial charge in [-0.3, -0.25) is 9.78 Å². The van der Waals surface area contributed by atoms with Crippen LogP contribution in [0.1, 0.15) is 15.9 Å². The summed E-state index contributed by atoms with van der Waals surface area (Å²) in [4.78, 5) is 16.9. The number of carbonyl (C=O) groups is 1. The largest absolute Gasteiger partial charge is 0.454 e. The minimum Gasteiger partial charge on any atom is -0.454 e. The molecule has 0 radical (unpaired) electrons. The van der Waals surface area contributed by atoms with E-state index < -0.39 is 0 Å². The first-order valence-electron chi connectivity index (χ1n) is 6.71. The van der Waals surface area contributed by atoms with Gasteiger partial charge in [-0.1, -0.05) is 41.9 Å². The molecule has 1 aliphatic rings. The van der Waals surface area contributed by atoms with Gasteiger partial charge in [0.25, 0.3) is 0 Å². The van der Waals surface area contributed by atoms with E-state index >= 15 is 0 Å². The van der Waals surface area contributed by atoms with Crippen LogP contribution in [0.15, 0.2) is 48.7 Å². The Morgan fingerprint density at radius 2 is 1.82 bits per heavy atom. The molecule has 0 bridgehead atoms. The summed E-state index contributed by atoms with van der Waals surface area (Å²) in [7, 11) is 0. The highest BCUT2D eigenvalue weighted by molar-refractivity contribution is 6.39. The Kier molecular flexibility index (Phi) is 2.98. The number of aromatic nitrogens is 1. The van der Waals surface area contributed by atoms with Gasteiger partial charge in [-0.05, 0) is 6.07 Å². The highest BCUT2D eigenvalue weighted by Gasteiger charge is 2.20. The number of ether oxygens (including phenoxy) is 2. The van der Waals surface area contributed by atoms with Crippen LogP contribution in [0.5, 0.6) is 11.5 Å². The summed E-state index contributed by atoms with van der Waals surface area (Å²) in [6, 6.07) is 12.5. The lowest BCUT2D eigenvalue weighted by atomic mass is 10.0. The molecule has 0 amide bonds. The smallest absolute Gasteiger partial charge is 0.231 e. The van der Waals surface area contributed by atoms with Gasteiger partial charge in [0, 0.05) is 23.2 Å². The molecular weight excluding hydrogens is 302 g/mol. The fourth-order valence-corrected chi connectivity index (χ4v) is 2.74. The molecule has 3 aromatic rings. The Labute approximate surface area is 131 Å². The molecule has 22 heavy (non-hydrogen) atoms. The van der Waals surface area contributed by atoms with Gasteiger partial charge < -0.3 is 9.47 Å². The molecule has 0 fully saturated rings. The first-order chi connectivity index (χ1) is 10.7. The molecule has 108 valence electrons. The Balaban J connectivity index is 1.88. The van der Waals surface area contributed by atoms with Gasteiger partial charge in [0.15, 0.2) is 17.3 Å². The van der Waals surface area contributed by atoms with E-state index in [0.717, 1.165) is 0 Å². The average molecular weight is 312 g/mol. The molecule has 2 aromatic carbocycles. The Morgan fingerprint density at radius 3 is 2.59 bits per heavy atom. The van der Waals surface area contributed by atoms with Gasteiger partial charge in [-0.2, -0.15) is 0 Å². The van der Waals surface area contributed by atoms with Crippen molar-refractivity contribution in [3.05, 3.63) is 64.8 Å². The van der Waals surface area contributed by atoms with E-state index in [0.29, 0.717) is 38.6 Å². The van der Waals surface area contributed by atoms with E-state index in [-0.39, 0.29) is 12.6 Å². The van der Waals surface area contributed by atoms with Crippen LogP contribution in [0.4, 0.5) is 0 Å². The van der Waals surface area contributed by atoms with Crippen molar-refractivity contribution in [1.82, 2.24) is 4.98 Å². The van der Waals surface area contributed by atoms with E-state index in [9.17, 15) is 4.79 Å². The SMILES string of the molecule is O=C(c1ccccc1)c1cnc2cc3c(cc2c1Cl)OCO3. The van der Waals surface area contributed by atoms with Crippen molar-refractivity contribution >= 4 is 28.3 Å². The van der Waals surface area contributed by atoms with Gasteiger partial charge >= 0.3 is 0 Å². The summed E-state index contributed by atoms with van der Waals surface area (Å²) in [5.41, 5.74) is 1.62. The zero-order valence-electron chi connectivity index (χ0n) is 11.4. The van der Waals surface area contributed by atoms with Gasteiger partial charge in [-0.15, -0.1) is 0 Å². The van der Waals surface area contributed by atoms with Crippen LogP contribution in [0, 0.1) is 0 Å². The maximum atomic E-state index is 12.6. The fraction of sp³-hybridized carbons (Fsp3) is 0.0588. The van der Waals surface area contributed by atoms with Crippen molar-refractivity contribution in [2.75, 3.05) is 6.79 Å². The molecule has 4 nitrogen and oxygen atoms in total. The van der Waals surface area contributed by atoms with Crippen molar-refractivity contribution in [3.8, 4) is 11.5 Å². The third-order valence-corrected chi connectivity index (χ3v) is 3.98. The molecule has 0 saturated carbocycles. The molecule has 1 aromatic heterocycles. The molecule has 0 unspecified atom stereocenters. The van der Waals surface area contributed by atoms with Crippen LogP contribution < -0.4 is 9.47 Å². The average Bonchev–Trinajstić information content (AvgIpc) is 3.01. The number of carbonyl (C=O) groups excluding carboxylic acids is 1. The van der Waals surface area contributed by atoms with Crippen LogP contribution in [0.25, 0.3) is 10.9 Å². The third kappa shape index (κ3) is 2.00. The molecular formula is C17H10ClNO3. The van der Waals surface area contributed by atoms with Crippen molar-refractivity contribution in [3.63, 3.8) is 0 Å². The van der Waals surface area contributed by atoms with E-state index in [1.807, 2.05) is 18.2 Å². The number of rotatable bonds is 2. The highest BCUT2D eigenvalue weighted by atomic mass is 35.5. The van der Waals surface area contributed by atoms with Crippen molar-refractivity contribution in [1.29, 1.82) is 0 Å². The Hall–Kier alpha value is -2.59. The number of ketones is 1. The quantitative estimate of drug-likeness (QED) is 0.675. The van der Waals surface area contributed by atoms with Gasteiger partial charge in [0.2, 0.25) is 6.79 Å². The van der Waals surface area contributed by atoms with Crippen LogP contribution in [0.3, 0.4) is 0 Å². The minimum absolute atomic E-state index is 0.155. The van der Waals surface area contributed by atoms with E-state index in [1.54, 1.807) is 24.3 Å². The molecule has 2 heterocycles. The highest BCUT2D eigenvalue weighted by Crippen LogP contribution is 2.38. The van der Waals surface area contributed by atoms with Crippen LogP contribution in [0.2, 0.25) is 5.02 Å². The number of hydrogen-bond donors (Lipinski definition) is 0. The molecule has 0 N–H and O–H groups in total. The van der Waals surface area contributed by atoms with Crippen LogP contribution in [-0.2, 0) is 0 Å². The molecule has 0 aliphatic carbocycles. The van der Waals surface area contributed by atoms with Gasteiger partial charge in [0.05, 0.1) is 16.1 Å². The van der Waals surface area contributed by atoms with Crippen LogP contribution in [-0.4, -0.2) is 17.6 Å². The fourth-order valence-electron chi connectivity index (χ4n) is 2.45. The molecule has 5 heteroatoms. The number of benzene rings is 2. The molecule has 0 spiro atoms. The second kappa shape index (κ2) is 5.00. The second-order valence-electron chi connectivity index (χ2n) is 4.90.